The van der Waals surface area contributed by atoms with Crippen molar-refractivity contribution < 1.29 is 19.1 Å². The van der Waals surface area contributed by atoms with Crippen molar-refractivity contribution in [3.05, 3.63) is 39.3 Å². The smallest absolute Gasteiger partial charge is 0.308 e. The Morgan fingerprint density at radius 2 is 1.89 bits per heavy atom. The SMILES string of the molecule is Cc1cc(=O)n2nc(COC(=O)CCN3C(=O)[C@H]4CC=CC[C@@H]4C3=O)sc2n1. The van der Waals surface area contributed by atoms with Crippen molar-refractivity contribution in [1.82, 2.24) is 19.5 Å². The second kappa shape index (κ2) is 7.27. The molecule has 0 spiro atoms. The van der Waals surface area contributed by atoms with Crippen LogP contribution in [-0.2, 0) is 25.7 Å². The first-order chi connectivity index (χ1) is 13.4. The zero-order valence-corrected chi connectivity index (χ0v) is 16.0. The lowest BCUT2D eigenvalue weighted by atomic mass is 9.85. The summed E-state index contributed by atoms with van der Waals surface area (Å²) in [6, 6.07) is 1.37. The summed E-state index contributed by atoms with van der Waals surface area (Å²) in [7, 11) is 0. The molecule has 0 unspecified atom stereocenters. The van der Waals surface area contributed by atoms with Crippen molar-refractivity contribution in [3.63, 3.8) is 0 Å². The maximum Gasteiger partial charge on any atom is 0.308 e. The van der Waals surface area contributed by atoms with Crippen molar-refractivity contribution in [2.75, 3.05) is 6.54 Å². The second-order valence-electron chi connectivity index (χ2n) is 6.82. The minimum absolute atomic E-state index is 0.0174. The van der Waals surface area contributed by atoms with Crippen molar-refractivity contribution in [3.8, 4) is 0 Å². The van der Waals surface area contributed by atoms with Gasteiger partial charge in [-0.2, -0.15) is 9.61 Å². The molecule has 0 bridgehead atoms. The molecule has 0 N–H and O–H groups in total. The van der Waals surface area contributed by atoms with Gasteiger partial charge < -0.3 is 4.74 Å². The molecule has 28 heavy (non-hydrogen) atoms. The number of nitrogens with zero attached hydrogens (tertiary/aromatic N) is 4. The highest BCUT2D eigenvalue weighted by Crippen LogP contribution is 2.35. The van der Waals surface area contributed by atoms with Gasteiger partial charge in [0, 0.05) is 18.3 Å². The van der Waals surface area contributed by atoms with E-state index < -0.39 is 5.97 Å². The van der Waals surface area contributed by atoms with Crippen molar-refractivity contribution in [2.24, 2.45) is 11.8 Å². The predicted molar refractivity (Wildman–Crippen MR) is 98.4 cm³/mol. The van der Waals surface area contributed by atoms with Gasteiger partial charge in [0.15, 0.2) is 5.01 Å². The van der Waals surface area contributed by atoms with Crippen LogP contribution in [0.15, 0.2) is 23.0 Å². The van der Waals surface area contributed by atoms with Gasteiger partial charge in [0.1, 0.15) is 6.61 Å². The lowest BCUT2D eigenvalue weighted by Gasteiger charge is -2.14. The number of allylic oxidation sites excluding steroid dienone is 2. The third-order valence-electron chi connectivity index (χ3n) is 4.91. The molecule has 0 saturated carbocycles. The summed E-state index contributed by atoms with van der Waals surface area (Å²) in [6.07, 6.45) is 4.90. The first-order valence-corrected chi connectivity index (χ1v) is 9.78. The summed E-state index contributed by atoms with van der Waals surface area (Å²) in [5, 5.41) is 4.53. The quantitative estimate of drug-likeness (QED) is 0.414. The van der Waals surface area contributed by atoms with E-state index in [2.05, 4.69) is 10.1 Å². The molecule has 0 aromatic carbocycles. The number of aryl methyl sites for hydroxylation is 1. The topological polar surface area (TPSA) is 111 Å². The van der Waals surface area contributed by atoms with E-state index in [1.54, 1.807) is 6.92 Å². The van der Waals surface area contributed by atoms with Crippen LogP contribution in [-0.4, -0.2) is 43.8 Å². The number of esters is 1. The fourth-order valence-electron chi connectivity index (χ4n) is 3.53. The maximum atomic E-state index is 12.4. The molecule has 1 aliphatic carbocycles. The zero-order valence-electron chi connectivity index (χ0n) is 15.2. The fourth-order valence-corrected chi connectivity index (χ4v) is 4.38. The lowest BCUT2D eigenvalue weighted by Crippen LogP contribution is -2.33. The van der Waals surface area contributed by atoms with Gasteiger partial charge >= 0.3 is 5.97 Å². The van der Waals surface area contributed by atoms with Gasteiger partial charge in [-0.05, 0) is 19.8 Å². The van der Waals surface area contributed by atoms with Crippen LogP contribution in [0.2, 0.25) is 0 Å². The number of rotatable bonds is 5. The molecule has 1 aliphatic heterocycles. The highest BCUT2D eigenvalue weighted by Gasteiger charge is 2.46. The van der Waals surface area contributed by atoms with Gasteiger partial charge in [0.2, 0.25) is 16.8 Å². The van der Waals surface area contributed by atoms with Crippen LogP contribution in [0.25, 0.3) is 4.96 Å². The van der Waals surface area contributed by atoms with Crippen molar-refractivity contribution in [1.29, 1.82) is 0 Å². The third kappa shape index (κ3) is 3.35. The van der Waals surface area contributed by atoms with Crippen molar-refractivity contribution >= 4 is 34.1 Å². The molecule has 2 aromatic heterocycles. The molecule has 10 heteroatoms. The molecule has 2 atom stereocenters. The van der Waals surface area contributed by atoms with E-state index >= 15 is 0 Å². The predicted octanol–water partition coefficient (Wildman–Crippen LogP) is 0.844. The molecule has 9 nitrogen and oxygen atoms in total. The van der Waals surface area contributed by atoms with E-state index in [-0.39, 0.29) is 48.8 Å². The molecule has 146 valence electrons. The third-order valence-corrected chi connectivity index (χ3v) is 5.79. The van der Waals surface area contributed by atoms with E-state index in [4.69, 9.17) is 4.74 Å². The average Bonchev–Trinajstić information content (AvgIpc) is 3.18. The van der Waals surface area contributed by atoms with E-state index in [0.29, 0.717) is 28.5 Å². The molecule has 2 aromatic rings. The molecule has 3 heterocycles. The summed E-state index contributed by atoms with van der Waals surface area (Å²) in [5.74, 6) is -1.56. The monoisotopic (exact) mass is 402 g/mol. The molecule has 2 amide bonds. The van der Waals surface area contributed by atoms with Crippen LogP contribution in [0.5, 0.6) is 0 Å². The maximum absolute atomic E-state index is 12.4. The molecular formula is C18H18N4O5S. The molecule has 4 rings (SSSR count). The summed E-state index contributed by atoms with van der Waals surface area (Å²) in [5.41, 5.74) is 0.297. The minimum Gasteiger partial charge on any atom is -0.458 e. The average molecular weight is 402 g/mol. The summed E-state index contributed by atoms with van der Waals surface area (Å²) >= 11 is 1.16. The van der Waals surface area contributed by atoms with Crippen LogP contribution in [0, 0.1) is 18.8 Å². The summed E-state index contributed by atoms with van der Waals surface area (Å²) in [4.78, 5) is 54.5. The van der Waals surface area contributed by atoms with Crippen LogP contribution < -0.4 is 5.56 Å². The Morgan fingerprint density at radius 3 is 2.57 bits per heavy atom. The number of fused-ring (bicyclic) bond motifs is 2. The Labute approximate surface area is 163 Å². The van der Waals surface area contributed by atoms with Crippen LogP contribution in [0.4, 0.5) is 0 Å². The van der Waals surface area contributed by atoms with E-state index in [1.807, 2.05) is 12.2 Å². The standard InChI is InChI=1S/C18H18N4O5S/c1-10-8-14(23)22-18(19-10)28-13(20-22)9-27-15(24)6-7-21-16(25)11-4-2-3-5-12(11)17(21)26/h2-3,8,11-12H,4-7,9H2,1H3/t11-,12-/m0/s1. The van der Waals surface area contributed by atoms with Gasteiger partial charge in [-0.1, -0.05) is 23.5 Å². The molecule has 0 radical (unpaired) electrons. The molecule has 1 fully saturated rings. The number of likely N-dealkylation sites (tertiary alicyclic amines) is 1. The zero-order chi connectivity index (χ0) is 19.8. The Kier molecular flexibility index (Phi) is 4.80. The number of carbonyl (C=O) groups is 3. The number of carbonyl (C=O) groups excluding carboxylic acids is 3. The van der Waals surface area contributed by atoms with Crippen LogP contribution >= 0.6 is 11.3 Å². The van der Waals surface area contributed by atoms with Gasteiger partial charge in [-0.15, -0.1) is 0 Å². The molecule has 1 saturated heterocycles. The number of aromatic nitrogens is 3. The number of imide groups is 1. The van der Waals surface area contributed by atoms with Crippen LogP contribution in [0.1, 0.15) is 30.0 Å². The Hall–Kier alpha value is -2.88. The van der Waals surface area contributed by atoms with Gasteiger partial charge in [-0.3, -0.25) is 24.1 Å². The summed E-state index contributed by atoms with van der Waals surface area (Å²) in [6.45, 7) is 1.64. The Balaban J connectivity index is 1.33. The fraction of sp³-hybridized carbons (Fsp3) is 0.444. The van der Waals surface area contributed by atoms with Crippen molar-refractivity contribution in [2.45, 2.75) is 32.8 Å². The first kappa shape index (κ1) is 18.5. The number of hydrogen-bond donors (Lipinski definition) is 0. The van der Waals surface area contributed by atoms with Gasteiger partial charge in [0.05, 0.1) is 18.3 Å². The molecule has 2 aliphatic rings. The minimum atomic E-state index is -0.538. The Morgan fingerprint density at radius 1 is 1.21 bits per heavy atom. The number of ether oxygens (including phenoxy) is 1. The Bertz CT molecular complexity index is 1030. The highest BCUT2D eigenvalue weighted by atomic mass is 32.1. The second-order valence-corrected chi connectivity index (χ2v) is 7.86. The highest BCUT2D eigenvalue weighted by molar-refractivity contribution is 7.16. The normalized spacial score (nSPS) is 21.4. The lowest BCUT2D eigenvalue weighted by molar-refractivity contribution is -0.146. The van der Waals surface area contributed by atoms with Gasteiger partial charge in [-0.25, -0.2) is 4.98 Å². The van der Waals surface area contributed by atoms with E-state index in [0.717, 1.165) is 15.9 Å². The largest absolute Gasteiger partial charge is 0.458 e. The molecular weight excluding hydrogens is 384 g/mol. The number of hydrogen-bond acceptors (Lipinski definition) is 8. The number of amides is 2. The van der Waals surface area contributed by atoms with E-state index in [9.17, 15) is 19.2 Å². The van der Waals surface area contributed by atoms with E-state index in [1.165, 1.54) is 11.0 Å². The summed E-state index contributed by atoms with van der Waals surface area (Å²) < 4.78 is 6.35. The van der Waals surface area contributed by atoms with Gasteiger partial charge in [0.25, 0.3) is 5.56 Å². The van der Waals surface area contributed by atoms with Crippen LogP contribution in [0.3, 0.4) is 0 Å². The first-order valence-electron chi connectivity index (χ1n) is 8.96.